The van der Waals surface area contributed by atoms with Crippen LogP contribution in [0.25, 0.3) is 0 Å². The van der Waals surface area contributed by atoms with Crippen LogP contribution in [0.5, 0.6) is 0 Å². The molecule has 3 N–H and O–H groups in total. The second-order valence-corrected chi connectivity index (χ2v) is 6.07. The Balaban J connectivity index is 2.40. The monoisotopic (exact) mass is 374 g/mol. The van der Waals surface area contributed by atoms with Gasteiger partial charge < -0.3 is 11.1 Å². The van der Waals surface area contributed by atoms with E-state index < -0.39 is 0 Å². The molecule has 0 bridgehead atoms. The SMILES string of the molecule is NC(=S)c1cc(Br)ccc1Nc1cc(Cl)cc(Cl)c1. The maximum Gasteiger partial charge on any atom is 0.106 e. The highest BCUT2D eigenvalue weighted by Crippen LogP contribution is 2.28. The number of anilines is 2. The van der Waals surface area contributed by atoms with Gasteiger partial charge in [-0.15, -0.1) is 0 Å². The van der Waals surface area contributed by atoms with Crippen molar-refractivity contribution in [2.24, 2.45) is 5.73 Å². The molecule has 2 rings (SSSR count). The Morgan fingerprint density at radius 2 is 1.74 bits per heavy atom. The average Bonchev–Trinajstić information content (AvgIpc) is 2.30. The lowest BCUT2D eigenvalue weighted by Crippen LogP contribution is -2.12. The first-order chi connectivity index (χ1) is 8.95. The summed E-state index contributed by atoms with van der Waals surface area (Å²) in [4.78, 5) is 0.317. The first kappa shape index (κ1) is 14.6. The van der Waals surface area contributed by atoms with Gasteiger partial charge in [-0.1, -0.05) is 51.3 Å². The van der Waals surface area contributed by atoms with Gasteiger partial charge in [-0.2, -0.15) is 0 Å². The molecule has 98 valence electrons. The van der Waals surface area contributed by atoms with E-state index in [0.29, 0.717) is 15.0 Å². The van der Waals surface area contributed by atoms with Crippen molar-refractivity contribution in [3.8, 4) is 0 Å². The third kappa shape index (κ3) is 3.83. The predicted molar refractivity (Wildman–Crippen MR) is 89.8 cm³/mol. The zero-order valence-electron chi connectivity index (χ0n) is 9.58. The van der Waals surface area contributed by atoms with Crippen molar-refractivity contribution in [2.45, 2.75) is 0 Å². The molecule has 0 aromatic heterocycles. The zero-order chi connectivity index (χ0) is 14.0. The van der Waals surface area contributed by atoms with Crippen LogP contribution < -0.4 is 11.1 Å². The summed E-state index contributed by atoms with van der Waals surface area (Å²) >= 11 is 20.4. The van der Waals surface area contributed by atoms with Crippen LogP contribution in [-0.4, -0.2) is 4.99 Å². The summed E-state index contributed by atoms with van der Waals surface area (Å²) in [6.07, 6.45) is 0. The van der Waals surface area contributed by atoms with E-state index in [1.807, 2.05) is 18.2 Å². The Hall–Kier alpha value is -0.810. The summed E-state index contributed by atoms with van der Waals surface area (Å²) in [5.74, 6) is 0. The molecule has 2 aromatic rings. The minimum atomic E-state index is 0.317. The van der Waals surface area contributed by atoms with Crippen molar-refractivity contribution >= 4 is 67.7 Å². The lowest BCUT2D eigenvalue weighted by molar-refractivity contribution is 1.51. The molecule has 0 heterocycles. The minimum absolute atomic E-state index is 0.317. The van der Waals surface area contributed by atoms with Gasteiger partial charge in [0.15, 0.2) is 0 Å². The molecule has 2 nitrogen and oxygen atoms in total. The topological polar surface area (TPSA) is 38.0 Å². The normalized spacial score (nSPS) is 10.3. The van der Waals surface area contributed by atoms with E-state index in [0.717, 1.165) is 21.4 Å². The second kappa shape index (κ2) is 6.09. The highest BCUT2D eigenvalue weighted by atomic mass is 79.9. The van der Waals surface area contributed by atoms with Crippen LogP contribution in [-0.2, 0) is 0 Å². The molecule has 0 atom stereocenters. The molecule has 6 heteroatoms. The van der Waals surface area contributed by atoms with E-state index in [9.17, 15) is 0 Å². The molecular formula is C13H9BrCl2N2S. The van der Waals surface area contributed by atoms with Crippen molar-refractivity contribution in [1.82, 2.24) is 0 Å². The number of nitrogens with two attached hydrogens (primary N) is 1. The zero-order valence-corrected chi connectivity index (χ0v) is 13.5. The molecule has 0 radical (unpaired) electrons. The summed E-state index contributed by atoms with van der Waals surface area (Å²) in [5, 5.41) is 4.32. The van der Waals surface area contributed by atoms with Crippen molar-refractivity contribution in [1.29, 1.82) is 0 Å². The van der Waals surface area contributed by atoms with E-state index >= 15 is 0 Å². The van der Waals surface area contributed by atoms with Gasteiger partial charge in [0.25, 0.3) is 0 Å². The van der Waals surface area contributed by atoms with E-state index in [-0.39, 0.29) is 0 Å². The number of halogens is 3. The van der Waals surface area contributed by atoms with Gasteiger partial charge in [0, 0.05) is 31.5 Å². The lowest BCUT2D eigenvalue weighted by atomic mass is 10.1. The van der Waals surface area contributed by atoms with Gasteiger partial charge in [-0.05, 0) is 36.4 Å². The van der Waals surface area contributed by atoms with E-state index in [2.05, 4.69) is 21.2 Å². The third-order valence-electron chi connectivity index (χ3n) is 2.39. The Bertz CT molecular complexity index is 626. The predicted octanol–water partition coefficient (Wildman–Crippen LogP) is 5.13. The smallest absolute Gasteiger partial charge is 0.106 e. The minimum Gasteiger partial charge on any atom is -0.389 e. The lowest BCUT2D eigenvalue weighted by Gasteiger charge is -2.12. The van der Waals surface area contributed by atoms with Crippen molar-refractivity contribution < 1.29 is 0 Å². The quantitative estimate of drug-likeness (QED) is 0.730. The Kier molecular flexibility index (Phi) is 4.68. The van der Waals surface area contributed by atoms with Gasteiger partial charge in [0.1, 0.15) is 4.99 Å². The van der Waals surface area contributed by atoms with Gasteiger partial charge in [-0.3, -0.25) is 0 Å². The van der Waals surface area contributed by atoms with Gasteiger partial charge >= 0.3 is 0 Å². The molecule has 0 aliphatic rings. The van der Waals surface area contributed by atoms with Crippen LogP contribution in [0.4, 0.5) is 11.4 Å². The van der Waals surface area contributed by atoms with E-state index in [4.69, 9.17) is 41.2 Å². The van der Waals surface area contributed by atoms with Gasteiger partial charge in [0.2, 0.25) is 0 Å². The number of hydrogen-bond donors (Lipinski definition) is 2. The fraction of sp³-hybridized carbons (Fsp3) is 0. The van der Waals surface area contributed by atoms with E-state index in [1.54, 1.807) is 18.2 Å². The Morgan fingerprint density at radius 1 is 1.11 bits per heavy atom. The van der Waals surface area contributed by atoms with Crippen molar-refractivity contribution in [3.05, 3.63) is 56.5 Å². The number of benzene rings is 2. The highest BCUT2D eigenvalue weighted by molar-refractivity contribution is 9.10. The first-order valence-corrected chi connectivity index (χ1v) is 7.24. The molecule has 0 aliphatic carbocycles. The Labute approximate surface area is 135 Å². The Morgan fingerprint density at radius 3 is 2.32 bits per heavy atom. The van der Waals surface area contributed by atoms with Gasteiger partial charge in [-0.25, -0.2) is 0 Å². The van der Waals surface area contributed by atoms with E-state index in [1.165, 1.54) is 0 Å². The average molecular weight is 376 g/mol. The molecule has 2 aromatic carbocycles. The fourth-order valence-electron chi connectivity index (χ4n) is 1.61. The summed E-state index contributed by atoms with van der Waals surface area (Å²) in [6, 6.07) is 10.9. The molecule has 0 unspecified atom stereocenters. The number of hydrogen-bond acceptors (Lipinski definition) is 2. The van der Waals surface area contributed by atoms with Crippen LogP contribution in [0.1, 0.15) is 5.56 Å². The summed E-state index contributed by atoms with van der Waals surface area (Å²) < 4.78 is 0.907. The largest absolute Gasteiger partial charge is 0.389 e. The standard InChI is InChI=1S/C13H9BrCl2N2S/c14-7-1-2-12(11(3-7)13(17)19)18-10-5-8(15)4-9(16)6-10/h1-6,18H,(H2,17,19). The second-order valence-electron chi connectivity index (χ2n) is 3.84. The fourth-order valence-corrected chi connectivity index (χ4v) is 2.67. The first-order valence-electron chi connectivity index (χ1n) is 5.28. The van der Waals surface area contributed by atoms with Crippen LogP contribution >= 0.6 is 51.3 Å². The van der Waals surface area contributed by atoms with Crippen molar-refractivity contribution in [3.63, 3.8) is 0 Å². The van der Waals surface area contributed by atoms with Crippen molar-refractivity contribution in [2.75, 3.05) is 5.32 Å². The molecule has 0 aliphatic heterocycles. The molecule has 19 heavy (non-hydrogen) atoms. The molecule has 0 fully saturated rings. The van der Waals surface area contributed by atoms with Gasteiger partial charge in [0.05, 0.1) is 0 Å². The maximum atomic E-state index is 5.96. The summed E-state index contributed by atoms with van der Waals surface area (Å²) in [7, 11) is 0. The molecule has 0 saturated heterocycles. The van der Waals surface area contributed by atoms with Crippen LogP contribution in [0.2, 0.25) is 10.0 Å². The molecule has 0 amide bonds. The number of nitrogens with one attached hydrogen (secondary N) is 1. The number of rotatable bonds is 3. The molecular weight excluding hydrogens is 367 g/mol. The summed E-state index contributed by atoms with van der Waals surface area (Å²) in [6.45, 7) is 0. The van der Waals surface area contributed by atoms with Crippen LogP contribution in [0.15, 0.2) is 40.9 Å². The number of thiocarbonyl (C=S) groups is 1. The highest BCUT2D eigenvalue weighted by Gasteiger charge is 2.07. The molecule has 0 saturated carbocycles. The maximum absolute atomic E-state index is 5.96. The van der Waals surface area contributed by atoms with Crippen LogP contribution in [0.3, 0.4) is 0 Å². The third-order valence-corrected chi connectivity index (χ3v) is 3.54. The van der Waals surface area contributed by atoms with Crippen LogP contribution in [0, 0.1) is 0 Å². The molecule has 0 spiro atoms. The summed E-state index contributed by atoms with van der Waals surface area (Å²) in [5.41, 5.74) is 8.04.